The lowest BCUT2D eigenvalue weighted by atomic mass is 9.67. The Morgan fingerprint density at radius 3 is 2.47 bits per heavy atom. The zero-order valence-electron chi connectivity index (χ0n) is 12.6. The molecule has 0 spiro atoms. The van der Waals surface area contributed by atoms with Crippen molar-refractivity contribution >= 4 is 0 Å². The van der Waals surface area contributed by atoms with Gasteiger partial charge in [0.25, 0.3) is 0 Å². The molecular weight excluding hydrogens is 234 g/mol. The van der Waals surface area contributed by atoms with E-state index in [0.29, 0.717) is 5.92 Å². The summed E-state index contributed by atoms with van der Waals surface area (Å²) in [6.45, 7) is 6.88. The number of hydrogen-bond acceptors (Lipinski definition) is 2. The molecule has 1 aromatic rings. The van der Waals surface area contributed by atoms with Gasteiger partial charge in [-0.15, -0.1) is 0 Å². The third kappa shape index (κ3) is 2.79. The predicted octanol–water partition coefficient (Wildman–Crippen LogP) is 3.94. The first-order valence-electron chi connectivity index (χ1n) is 7.39. The number of nitrogens with two attached hydrogens (primary N) is 1. The summed E-state index contributed by atoms with van der Waals surface area (Å²) in [5.74, 6) is 3.04. The highest BCUT2D eigenvalue weighted by molar-refractivity contribution is 5.39. The van der Waals surface area contributed by atoms with Gasteiger partial charge in [0.2, 0.25) is 0 Å². The lowest BCUT2D eigenvalue weighted by molar-refractivity contribution is 0.140. The average molecular weight is 261 g/mol. The highest BCUT2D eigenvalue weighted by Gasteiger charge is 2.38. The van der Waals surface area contributed by atoms with Crippen LogP contribution in [0.5, 0.6) is 5.75 Å². The Morgan fingerprint density at radius 2 is 1.84 bits per heavy atom. The first-order valence-corrected chi connectivity index (χ1v) is 7.39. The Labute approximate surface area is 117 Å². The van der Waals surface area contributed by atoms with Crippen LogP contribution in [0.25, 0.3) is 0 Å². The lowest BCUT2D eigenvalue weighted by Gasteiger charge is -2.42. The van der Waals surface area contributed by atoms with Crippen molar-refractivity contribution in [1.82, 2.24) is 0 Å². The molecule has 0 aliphatic heterocycles. The van der Waals surface area contributed by atoms with Gasteiger partial charge in [0.15, 0.2) is 0 Å². The van der Waals surface area contributed by atoms with Crippen LogP contribution in [0.15, 0.2) is 24.3 Å². The van der Waals surface area contributed by atoms with Gasteiger partial charge in [-0.25, -0.2) is 0 Å². The molecule has 1 aliphatic rings. The van der Waals surface area contributed by atoms with Crippen LogP contribution in [0.2, 0.25) is 0 Å². The molecule has 0 bridgehead atoms. The van der Waals surface area contributed by atoms with E-state index in [0.717, 1.165) is 23.1 Å². The van der Waals surface area contributed by atoms with Gasteiger partial charge < -0.3 is 10.5 Å². The van der Waals surface area contributed by atoms with E-state index in [1.54, 1.807) is 7.11 Å². The van der Waals surface area contributed by atoms with Crippen molar-refractivity contribution in [2.45, 2.75) is 45.6 Å². The average Bonchev–Trinajstić information content (AvgIpc) is 2.41. The zero-order chi connectivity index (χ0) is 14.0. The van der Waals surface area contributed by atoms with E-state index in [1.165, 1.54) is 19.3 Å². The topological polar surface area (TPSA) is 35.2 Å². The summed E-state index contributed by atoms with van der Waals surface area (Å²) in [4.78, 5) is 0. The molecule has 19 heavy (non-hydrogen) atoms. The lowest BCUT2D eigenvalue weighted by Crippen LogP contribution is -2.44. The first-order chi connectivity index (χ1) is 8.96. The van der Waals surface area contributed by atoms with E-state index in [2.05, 4.69) is 32.9 Å². The molecule has 4 atom stereocenters. The number of benzene rings is 1. The fourth-order valence-corrected chi connectivity index (χ4v) is 3.40. The largest absolute Gasteiger partial charge is 0.496 e. The van der Waals surface area contributed by atoms with E-state index in [9.17, 15) is 0 Å². The molecule has 2 N–H and O–H groups in total. The van der Waals surface area contributed by atoms with Gasteiger partial charge in [0.1, 0.15) is 5.75 Å². The Morgan fingerprint density at radius 1 is 1.16 bits per heavy atom. The number of rotatable bonds is 3. The zero-order valence-corrected chi connectivity index (χ0v) is 12.6. The third-order valence-electron chi connectivity index (χ3n) is 5.13. The maximum atomic E-state index is 6.72. The molecular formula is C17H27NO. The predicted molar refractivity (Wildman–Crippen MR) is 80.2 cm³/mol. The van der Waals surface area contributed by atoms with Crippen LogP contribution in [0.1, 0.15) is 45.6 Å². The van der Waals surface area contributed by atoms with Crippen molar-refractivity contribution in [1.29, 1.82) is 0 Å². The van der Waals surface area contributed by atoms with Crippen molar-refractivity contribution in [2.24, 2.45) is 23.5 Å². The van der Waals surface area contributed by atoms with E-state index >= 15 is 0 Å². The molecule has 2 nitrogen and oxygen atoms in total. The van der Waals surface area contributed by atoms with Crippen LogP contribution < -0.4 is 10.5 Å². The van der Waals surface area contributed by atoms with Crippen molar-refractivity contribution in [3.63, 3.8) is 0 Å². The molecule has 1 fully saturated rings. The normalized spacial score (nSPS) is 30.7. The smallest absolute Gasteiger partial charge is 0.123 e. The van der Waals surface area contributed by atoms with Crippen molar-refractivity contribution in [3.8, 4) is 5.75 Å². The van der Waals surface area contributed by atoms with Crippen LogP contribution in [-0.2, 0) is 5.54 Å². The Bertz CT molecular complexity index is 427. The molecule has 1 aliphatic carbocycles. The van der Waals surface area contributed by atoms with Gasteiger partial charge in [-0.2, -0.15) is 0 Å². The fraction of sp³-hybridized carbons (Fsp3) is 0.647. The monoisotopic (exact) mass is 261 g/mol. The maximum Gasteiger partial charge on any atom is 0.123 e. The standard InChI is InChI=1S/C17H27NO/c1-12-9-10-14(11-13(12)2)17(3,18)15-7-5-6-8-16(15)19-4/h5-8,12-14H,9-11,18H2,1-4H3. The summed E-state index contributed by atoms with van der Waals surface area (Å²) in [6, 6.07) is 8.18. The molecule has 0 aromatic heterocycles. The van der Waals surface area contributed by atoms with Crippen LogP contribution in [0, 0.1) is 17.8 Å². The Kier molecular flexibility index (Phi) is 4.19. The minimum Gasteiger partial charge on any atom is -0.496 e. The summed E-state index contributed by atoms with van der Waals surface area (Å²) in [7, 11) is 1.72. The number of hydrogen-bond donors (Lipinski definition) is 1. The van der Waals surface area contributed by atoms with E-state index in [1.807, 2.05) is 12.1 Å². The molecule has 106 valence electrons. The molecule has 4 unspecified atom stereocenters. The first kappa shape index (κ1) is 14.4. The Balaban J connectivity index is 2.26. The van der Waals surface area contributed by atoms with Crippen LogP contribution >= 0.6 is 0 Å². The fourth-order valence-electron chi connectivity index (χ4n) is 3.40. The molecule has 2 heteroatoms. The number of ether oxygens (including phenoxy) is 1. The van der Waals surface area contributed by atoms with E-state index in [-0.39, 0.29) is 5.54 Å². The second kappa shape index (κ2) is 5.54. The second-order valence-electron chi connectivity index (χ2n) is 6.45. The quantitative estimate of drug-likeness (QED) is 0.894. The summed E-state index contributed by atoms with van der Waals surface area (Å²) in [5, 5.41) is 0. The van der Waals surface area contributed by atoms with Gasteiger partial charge in [-0.3, -0.25) is 0 Å². The van der Waals surface area contributed by atoms with Crippen molar-refractivity contribution in [3.05, 3.63) is 29.8 Å². The molecule has 0 radical (unpaired) electrons. The molecule has 0 amide bonds. The molecule has 1 aromatic carbocycles. The van der Waals surface area contributed by atoms with E-state index < -0.39 is 0 Å². The van der Waals surface area contributed by atoms with Gasteiger partial charge in [0.05, 0.1) is 7.11 Å². The maximum absolute atomic E-state index is 6.72. The SMILES string of the molecule is COc1ccccc1C(C)(N)C1CCC(C)C(C)C1. The van der Waals surface area contributed by atoms with Gasteiger partial charge >= 0.3 is 0 Å². The summed E-state index contributed by atoms with van der Waals surface area (Å²) >= 11 is 0. The van der Waals surface area contributed by atoms with Crippen LogP contribution in [-0.4, -0.2) is 7.11 Å². The van der Waals surface area contributed by atoms with Crippen molar-refractivity contribution in [2.75, 3.05) is 7.11 Å². The van der Waals surface area contributed by atoms with Crippen LogP contribution in [0.4, 0.5) is 0 Å². The second-order valence-corrected chi connectivity index (χ2v) is 6.45. The molecule has 0 saturated heterocycles. The minimum atomic E-state index is -0.305. The van der Waals surface area contributed by atoms with Gasteiger partial charge in [-0.05, 0) is 43.6 Å². The van der Waals surface area contributed by atoms with Gasteiger partial charge in [-0.1, -0.05) is 38.5 Å². The summed E-state index contributed by atoms with van der Waals surface area (Å²) in [6.07, 6.45) is 3.72. The summed E-state index contributed by atoms with van der Waals surface area (Å²) in [5.41, 5.74) is 7.56. The molecule has 0 heterocycles. The highest BCUT2D eigenvalue weighted by Crippen LogP contribution is 2.43. The van der Waals surface area contributed by atoms with Crippen LogP contribution in [0.3, 0.4) is 0 Å². The number of para-hydroxylation sites is 1. The van der Waals surface area contributed by atoms with Crippen molar-refractivity contribution < 1.29 is 4.74 Å². The summed E-state index contributed by atoms with van der Waals surface area (Å²) < 4.78 is 5.49. The Hall–Kier alpha value is -1.02. The molecule has 1 saturated carbocycles. The molecule has 2 rings (SSSR count). The number of methoxy groups -OCH3 is 1. The van der Waals surface area contributed by atoms with Gasteiger partial charge in [0, 0.05) is 11.1 Å². The van der Waals surface area contributed by atoms with E-state index in [4.69, 9.17) is 10.5 Å². The highest BCUT2D eigenvalue weighted by atomic mass is 16.5. The minimum absolute atomic E-state index is 0.305. The third-order valence-corrected chi connectivity index (χ3v) is 5.13.